The Labute approximate surface area is 149 Å². The minimum absolute atomic E-state index is 0.0443. The van der Waals surface area contributed by atoms with Crippen LogP contribution in [0.1, 0.15) is 42.5 Å². The Kier molecular flexibility index (Phi) is 4.18. The third kappa shape index (κ3) is 3.12. The summed E-state index contributed by atoms with van der Waals surface area (Å²) in [5.41, 5.74) is 1.15. The summed E-state index contributed by atoms with van der Waals surface area (Å²) < 4.78 is 0. The van der Waals surface area contributed by atoms with Crippen molar-refractivity contribution in [1.82, 2.24) is 9.80 Å². The molecule has 0 spiro atoms. The van der Waals surface area contributed by atoms with Gasteiger partial charge in [0.2, 0.25) is 0 Å². The molecule has 2 aliphatic carbocycles. The molecule has 134 valence electrons. The van der Waals surface area contributed by atoms with Crippen LogP contribution in [0.25, 0.3) is 0 Å². The van der Waals surface area contributed by atoms with Crippen molar-refractivity contribution in [3.05, 3.63) is 29.8 Å². The molecule has 1 aromatic carbocycles. The van der Waals surface area contributed by atoms with Gasteiger partial charge in [-0.2, -0.15) is 0 Å². The van der Waals surface area contributed by atoms with Crippen molar-refractivity contribution < 1.29 is 9.59 Å². The van der Waals surface area contributed by atoms with Crippen LogP contribution in [0.2, 0.25) is 0 Å². The second-order valence-corrected chi connectivity index (χ2v) is 8.26. The molecule has 2 saturated heterocycles. The largest absolute Gasteiger partial charge is 0.345 e. The van der Waals surface area contributed by atoms with Crippen LogP contribution < -0.4 is 5.32 Å². The van der Waals surface area contributed by atoms with Crippen molar-refractivity contribution in [2.24, 2.45) is 17.8 Å². The number of hydrogen-bond acceptors (Lipinski definition) is 2. The van der Waals surface area contributed by atoms with Crippen LogP contribution in [-0.4, -0.2) is 48.4 Å². The molecule has 5 nitrogen and oxygen atoms in total. The van der Waals surface area contributed by atoms with E-state index in [1.54, 1.807) is 20.2 Å². The Morgan fingerprint density at radius 3 is 2.32 bits per heavy atom. The fraction of sp³-hybridized carbons (Fsp3) is 0.600. The van der Waals surface area contributed by atoms with Gasteiger partial charge >= 0.3 is 6.03 Å². The average molecular weight is 341 g/mol. The van der Waals surface area contributed by atoms with E-state index in [-0.39, 0.29) is 11.9 Å². The lowest BCUT2D eigenvalue weighted by atomic mass is 9.68. The maximum atomic E-state index is 13.0. The smallest absolute Gasteiger partial charge is 0.322 e. The zero-order valence-electron chi connectivity index (χ0n) is 15.1. The van der Waals surface area contributed by atoms with Crippen LogP contribution in [0.15, 0.2) is 24.3 Å². The Morgan fingerprint density at radius 2 is 1.64 bits per heavy atom. The first-order valence-electron chi connectivity index (χ1n) is 9.39. The monoisotopic (exact) mass is 341 g/mol. The molecule has 2 atom stereocenters. The van der Waals surface area contributed by atoms with Crippen LogP contribution in [0.5, 0.6) is 0 Å². The van der Waals surface area contributed by atoms with Crippen molar-refractivity contribution >= 4 is 17.6 Å². The highest BCUT2D eigenvalue weighted by atomic mass is 16.2. The second kappa shape index (κ2) is 6.36. The van der Waals surface area contributed by atoms with Crippen LogP contribution in [0.3, 0.4) is 0 Å². The molecule has 2 saturated carbocycles. The molecule has 2 heterocycles. The summed E-state index contributed by atoms with van der Waals surface area (Å²) in [5, 5.41) is 3.03. The van der Waals surface area contributed by atoms with Gasteiger partial charge in [-0.1, -0.05) is 12.1 Å². The number of para-hydroxylation sites is 1. The zero-order chi connectivity index (χ0) is 17.6. The Bertz CT molecular complexity index is 673. The fourth-order valence-electron chi connectivity index (χ4n) is 5.24. The van der Waals surface area contributed by atoms with Crippen molar-refractivity contribution in [3.8, 4) is 0 Å². The summed E-state index contributed by atoms with van der Waals surface area (Å²) in [6.07, 6.45) is 6.24. The summed E-state index contributed by atoms with van der Waals surface area (Å²) in [5.74, 6) is 2.18. The standard InChI is InChI=1S/C20H27N3O2/c1-22(2)19(24)17-5-3-4-6-18(17)21-20(25)23-12-15-8-13-7-14(9-15)11-16(23)10-13/h3-6,13-16H,7-12H2,1-2H3,(H,21,25). The lowest BCUT2D eigenvalue weighted by Gasteiger charge is -2.38. The lowest BCUT2D eigenvalue weighted by molar-refractivity contribution is 0.0828. The Morgan fingerprint density at radius 1 is 1.00 bits per heavy atom. The summed E-state index contributed by atoms with van der Waals surface area (Å²) in [7, 11) is 3.45. The number of fused-ring (bicyclic) bond motifs is 1. The Hall–Kier alpha value is -2.04. The molecule has 4 aliphatic rings. The van der Waals surface area contributed by atoms with E-state index in [4.69, 9.17) is 0 Å². The predicted molar refractivity (Wildman–Crippen MR) is 97.5 cm³/mol. The SMILES string of the molecule is CN(C)C(=O)c1ccccc1NC(=O)N1CC2CC3CC(C2)CC1C3. The normalized spacial score (nSPS) is 30.1. The van der Waals surface area contributed by atoms with E-state index < -0.39 is 0 Å². The summed E-state index contributed by atoms with van der Waals surface area (Å²) in [4.78, 5) is 29.0. The highest BCUT2D eigenvalue weighted by Gasteiger charge is 2.44. The topological polar surface area (TPSA) is 52.7 Å². The zero-order valence-corrected chi connectivity index (χ0v) is 15.1. The molecular weight excluding hydrogens is 314 g/mol. The van der Waals surface area contributed by atoms with E-state index >= 15 is 0 Å². The van der Waals surface area contributed by atoms with Crippen LogP contribution in [0.4, 0.5) is 10.5 Å². The molecule has 0 aromatic heterocycles. The highest BCUT2D eigenvalue weighted by molar-refractivity contribution is 6.03. The van der Waals surface area contributed by atoms with Gasteiger partial charge in [0.1, 0.15) is 0 Å². The predicted octanol–water partition coefficient (Wildman–Crippen LogP) is 3.43. The minimum atomic E-state index is -0.0910. The number of hydrogen-bond donors (Lipinski definition) is 1. The number of benzene rings is 1. The molecule has 5 rings (SSSR count). The molecule has 0 radical (unpaired) electrons. The van der Waals surface area contributed by atoms with Crippen LogP contribution >= 0.6 is 0 Å². The van der Waals surface area contributed by atoms with Gasteiger partial charge in [0.15, 0.2) is 0 Å². The van der Waals surface area contributed by atoms with Gasteiger partial charge < -0.3 is 15.1 Å². The summed E-state index contributed by atoms with van der Waals surface area (Å²) in [6.45, 7) is 0.868. The molecule has 25 heavy (non-hydrogen) atoms. The van der Waals surface area contributed by atoms with E-state index in [0.717, 1.165) is 31.2 Å². The minimum Gasteiger partial charge on any atom is -0.345 e. The van der Waals surface area contributed by atoms with Gasteiger partial charge in [0, 0.05) is 26.7 Å². The molecule has 4 bridgehead atoms. The molecular formula is C20H27N3O2. The molecule has 3 amide bonds. The van der Waals surface area contributed by atoms with Gasteiger partial charge in [-0.05, 0) is 62.0 Å². The quantitative estimate of drug-likeness (QED) is 0.896. The Balaban J connectivity index is 1.54. The van der Waals surface area contributed by atoms with Crippen molar-refractivity contribution in [1.29, 1.82) is 0 Å². The molecule has 1 N–H and O–H groups in total. The first kappa shape index (κ1) is 16.4. The average Bonchev–Trinajstić information content (AvgIpc) is 2.78. The number of nitrogens with one attached hydrogen (secondary N) is 1. The molecule has 5 heteroatoms. The first-order chi connectivity index (χ1) is 12.0. The number of nitrogens with zero attached hydrogens (tertiary/aromatic N) is 2. The number of carbonyl (C=O) groups is 2. The van der Waals surface area contributed by atoms with E-state index in [1.807, 2.05) is 18.2 Å². The summed E-state index contributed by atoms with van der Waals surface area (Å²) in [6, 6.07) is 7.60. The van der Waals surface area contributed by atoms with Gasteiger partial charge in [-0.3, -0.25) is 4.79 Å². The van der Waals surface area contributed by atoms with Gasteiger partial charge in [0.05, 0.1) is 11.3 Å². The maximum Gasteiger partial charge on any atom is 0.322 e. The van der Waals surface area contributed by atoms with Crippen molar-refractivity contribution in [3.63, 3.8) is 0 Å². The van der Waals surface area contributed by atoms with E-state index in [0.29, 0.717) is 23.2 Å². The number of amides is 3. The number of anilines is 1. The number of carbonyl (C=O) groups excluding carboxylic acids is 2. The molecule has 1 aromatic rings. The fourth-order valence-corrected chi connectivity index (χ4v) is 5.24. The first-order valence-corrected chi connectivity index (χ1v) is 9.39. The second-order valence-electron chi connectivity index (χ2n) is 8.26. The molecule has 2 unspecified atom stereocenters. The van der Waals surface area contributed by atoms with Gasteiger partial charge in [-0.25, -0.2) is 4.79 Å². The third-order valence-corrected chi connectivity index (χ3v) is 6.17. The van der Waals surface area contributed by atoms with E-state index in [2.05, 4.69) is 10.2 Å². The lowest BCUT2D eigenvalue weighted by Crippen LogP contribution is -2.44. The third-order valence-electron chi connectivity index (χ3n) is 6.17. The molecule has 4 fully saturated rings. The van der Waals surface area contributed by atoms with E-state index in [9.17, 15) is 9.59 Å². The van der Waals surface area contributed by atoms with Gasteiger partial charge in [-0.15, -0.1) is 0 Å². The van der Waals surface area contributed by atoms with Gasteiger partial charge in [0.25, 0.3) is 5.91 Å². The van der Waals surface area contributed by atoms with Crippen LogP contribution in [0, 0.1) is 17.8 Å². The number of rotatable bonds is 2. The highest BCUT2D eigenvalue weighted by Crippen LogP contribution is 2.47. The molecule has 2 aliphatic heterocycles. The van der Waals surface area contributed by atoms with E-state index in [1.165, 1.54) is 24.2 Å². The maximum absolute atomic E-state index is 13.0. The summed E-state index contributed by atoms with van der Waals surface area (Å²) >= 11 is 0. The number of urea groups is 1. The van der Waals surface area contributed by atoms with Crippen LogP contribution in [-0.2, 0) is 0 Å². The van der Waals surface area contributed by atoms with Crippen molar-refractivity contribution in [2.45, 2.75) is 38.1 Å². The van der Waals surface area contributed by atoms with Crippen molar-refractivity contribution in [2.75, 3.05) is 26.0 Å².